The largest absolute Gasteiger partial charge is 0.369 e. The molecule has 0 spiro atoms. The molecule has 0 saturated heterocycles. The van der Waals surface area contributed by atoms with Crippen molar-refractivity contribution in [3.8, 4) is 0 Å². The highest BCUT2D eigenvalue weighted by Gasteiger charge is 2.21. The first kappa shape index (κ1) is 13.1. The fraction of sp³-hybridized carbons (Fsp3) is 0.692. The Bertz CT molecular complexity index is 393. The van der Waals surface area contributed by atoms with Gasteiger partial charge in [0.15, 0.2) is 0 Å². The van der Waals surface area contributed by atoms with Gasteiger partial charge in [0.1, 0.15) is 5.82 Å². The van der Waals surface area contributed by atoms with Gasteiger partial charge in [0.25, 0.3) is 0 Å². The molecule has 0 radical (unpaired) electrons. The second-order valence-electron chi connectivity index (χ2n) is 5.27. The van der Waals surface area contributed by atoms with E-state index in [-0.39, 0.29) is 0 Å². The SMILES string of the molecule is Cc1cnc(NN)nc1NCC1CCCCC1C. The van der Waals surface area contributed by atoms with E-state index in [1.807, 2.05) is 6.92 Å². The molecule has 2 rings (SSSR count). The highest BCUT2D eigenvalue weighted by atomic mass is 15.3. The van der Waals surface area contributed by atoms with Gasteiger partial charge in [-0.05, 0) is 25.2 Å². The van der Waals surface area contributed by atoms with E-state index in [0.29, 0.717) is 5.95 Å². The smallest absolute Gasteiger partial charge is 0.239 e. The maximum absolute atomic E-state index is 5.33. The zero-order chi connectivity index (χ0) is 13.0. The van der Waals surface area contributed by atoms with Crippen LogP contribution in [0, 0.1) is 18.8 Å². The predicted octanol–water partition coefficient (Wildman–Crippen LogP) is 2.31. The van der Waals surface area contributed by atoms with Crippen LogP contribution in [0.3, 0.4) is 0 Å². The first-order chi connectivity index (χ1) is 8.70. The van der Waals surface area contributed by atoms with E-state index in [1.54, 1.807) is 6.20 Å². The zero-order valence-electron chi connectivity index (χ0n) is 11.2. The summed E-state index contributed by atoms with van der Waals surface area (Å²) in [6.07, 6.45) is 7.19. The normalized spacial score (nSPS) is 23.7. The van der Waals surface area contributed by atoms with Gasteiger partial charge in [-0.15, -0.1) is 0 Å². The Kier molecular flexibility index (Phi) is 4.36. The van der Waals surface area contributed by atoms with E-state index < -0.39 is 0 Å². The second-order valence-corrected chi connectivity index (χ2v) is 5.27. The highest BCUT2D eigenvalue weighted by Crippen LogP contribution is 2.29. The van der Waals surface area contributed by atoms with Crippen molar-refractivity contribution in [2.24, 2.45) is 17.7 Å². The van der Waals surface area contributed by atoms with Gasteiger partial charge in [-0.2, -0.15) is 4.98 Å². The van der Waals surface area contributed by atoms with E-state index in [9.17, 15) is 0 Å². The number of nitrogens with zero attached hydrogens (tertiary/aromatic N) is 2. The van der Waals surface area contributed by atoms with Crippen LogP contribution in [0.4, 0.5) is 11.8 Å². The Morgan fingerprint density at radius 2 is 2.17 bits per heavy atom. The number of nitrogens with two attached hydrogens (primary N) is 1. The van der Waals surface area contributed by atoms with Crippen molar-refractivity contribution in [1.29, 1.82) is 0 Å². The van der Waals surface area contributed by atoms with Crippen LogP contribution in [-0.2, 0) is 0 Å². The van der Waals surface area contributed by atoms with Gasteiger partial charge < -0.3 is 5.32 Å². The summed E-state index contributed by atoms with van der Waals surface area (Å²) < 4.78 is 0. The lowest BCUT2D eigenvalue weighted by molar-refractivity contribution is 0.268. The van der Waals surface area contributed by atoms with Gasteiger partial charge in [0, 0.05) is 18.3 Å². The molecule has 1 aromatic rings. The quantitative estimate of drug-likeness (QED) is 0.564. The Labute approximate surface area is 109 Å². The molecule has 1 fully saturated rings. The molecule has 2 unspecified atom stereocenters. The number of rotatable bonds is 4. The Hall–Kier alpha value is -1.36. The lowest BCUT2D eigenvalue weighted by Gasteiger charge is -2.29. The molecular weight excluding hydrogens is 226 g/mol. The molecule has 0 aromatic carbocycles. The fourth-order valence-corrected chi connectivity index (χ4v) is 2.61. The molecule has 1 heterocycles. The maximum Gasteiger partial charge on any atom is 0.239 e. The standard InChI is InChI=1S/C13H23N5/c1-9-5-3-4-6-11(9)8-15-12-10(2)7-16-13(17-12)18-14/h7,9,11H,3-6,8,14H2,1-2H3,(H2,15,16,17,18). The molecule has 1 aliphatic rings. The summed E-state index contributed by atoms with van der Waals surface area (Å²) in [5.74, 6) is 8.23. The average Bonchev–Trinajstić information content (AvgIpc) is 2.39. The third-order valence-corrected chi connectivity index (χ3v) is 3.92. The van der Waals surface area contributed by atoms with Crippen LogP contribution >= 0.6 is 0 Å². The van der Waals surface area contributed by atoms with Crippen LogP contribution in [-0.4, -0.2) is 16.5 Å². The van der Waals surface area contributed by atoms with E-state index >= 15 is 0 Å². The summed E-state index contributed by atoms with van der Waals surface area (Å²) in [6, 6.07) is 0. The minimum atomic E-state index is 0.458. The van der Waals surface area contributed by atoms with E-state index in [2.05, 4.69) is 27.6 Å². The molecule has 5 nitrogen and oxygen atoms in total. The number of aromatic nitrogens is 2. The number of hydrogen-bond acceptors (Lipinski definition) is 5. The Morgan fingerprint density at radius 3 is 2.89 bits per heavy atom. The lowest BCUT2D eigenvalue weighted by atomic mass is 9.80. The predicted molar refractivity (Wildman–Crippen MR) is 74.2 cm³/mol. The van der Waals surface area contributed by atoms with Crippen molar-refractivity contribution in [1.82, 2.24) is 9.97 Å². The number of nitrogen functional groups attached to an aromatic ring is 1. The van der Waals surface area contributed by atoms with Crippen molar-refractivity contribution < 1.29 is 0 Å². The number of anilines is 2. The molecule has 1 saturated carbocycles. The van der Waals surface area contributed by atoms with Crippen molar-refractivity contribution in [3.63, 3.8) is 0 Å². The molecule has 0 aliphatic heterocycles. The van der Waals surface area contributed by atoms with E-state index in [4.69, 9.17) is 5.84 Å². The monoisotopic (exact) mass is 249 g/mol. The van der Waals surface area contributed by atoms with Crippen molar-refractivity contribution >= 4 is 11.8 Å². The maximum atomic E-state index is 5.33. The third-order valence-electron chi connectivity index (χ3n) is 3.92. The van der Waals surface area contributed by atoms with Crippen LogP contribution in [0.5, 0.6) is 0 Å². The molecule has 1 aliphatic carbocycles. The first-order valence-corrected chi connectivity index (χ1v) is 6.75. The topological polar surface area (TPSA) is 75.9 Å². The van der Waals surface area contributed by atoms with Crippen LogP contribution in [0.25, 0.3) is 0 Å². The second kappa shape index (κ2) is 6.00. The van der Waals surface area contributed by atoms with E-state index in [0.717, 1.165) is 29.8 Å². The molecule has 18 heavy (non-hydrogen) atoms. The van der Waals surface area contributed by atoms with Crippen molar-refractivity contribution in [2.45, 2.75) is 39.5 Å². The van der Waals surface area contributed by atoms with Gasteiger partial charge in [-0.3, -0.25) is 5.43 Å². The minimum Gasteiger partial charge on any atom is -0.369 e. The summed E-state index contributed by atoms with van der Waals surface area (Å²) in [5.41, 5.74) is 3.53. The molecular formula is C13H23N5. The first-order valence-electron chi connectivity index (χ1n) is 6.75. The highest BCUT2D eigenvalue weighted by molar-refractivity contribution is 5.46. The number of hydrogen-bond donors (Lipinski definition) is 3. The number of nitrogens with one attached hydrogen (secondary N) is 2. The third kappa shape index (κ3) is 3.10. The molecule has 0 amide bonds. The molecule has 4 N–H and O–H groups in total. The van der Waals surface area contributed by atoms with E-state index in [1.165, 1.54) is 25.7 Å². The summed E-state index contributed by atoms with van der Waals surface area (Å²) in [6.45, 7) is 5.35. The molecule has 100 valence electrons. The minimum absolute atomic E-state index is 0.458. The Balaban J connectivity index is 1.96. The zero-order valence-corrected chi connectivity index (χ0v) is 11.2. The summed E-state index contributed by atoms with van der Waals surface area (Å²) in [4.78, 5) is 8.42. The van der Waals surface area contributed by atoms with Crippen LogP contribution in [0.2, 0.25) is 0 Å². The summed E-state index contributed by atoms with van der Waals surface area (Å²) in [5, 5.41) is 3.44. The van der Waals surface area contributed by atoms with Gasteiger partial charge in [-0.1, -0.05) is 26.2 Å². The van der Waals surface area contributed by atoms with Crippen LogP contribution in [0.1, 0.15) is 38.2 Å². The molecule has 0 bridgehead atoms. The van der Waals surface area contributed by atoms with Gasteiger partial charge >= 0.3 is 0 Å². The average molecular weight is 249 g/mol. The number of aryl methyl sites for hydroxylation is 1. The van der Waals surface area contributed by atoms with Gasteiger partial charge in [0.2, 0.25) is 5.95 Å². The molecule has 1 aromatic heterocycles. The molecule has 5 heteroatoms. The molecule has 2 atom stereocenters. The van der Waals surface area contributed by atoms with Crippen LogP contribution in [0.15, 0.2) is 6.20 Å². The Morgan fingerprint density at radius 1 is 1.39 bits per heavy atom. The van der Waals surface area contributed by atoms with Gasteiger partial charge in [-0.25, -0.2) is 10.8 Å². The van der Waals surface area contributed by atoms with Crippen LogP contribution < -0.4 is 16.6 Å². The summed E-state index contributed by atoms with van der Waals surface area (Å²) >= 11 is 0. The number of hydrazine groups is 1. The lowest BCUT2D eigenvalue weighted by Crippen LogP contribution is -2.25. The fourth-order valence-electron chi connectivity index (χ4n) is 2.61. The van der Waals surface area contributed by atoms with Crippen molar-refractivity contribution in [3.05, 3.63) is 11.8 Å². The summed E-state index contributed by atoms with van der Waals surface area (Å²) in [7, 11) is 0. The van der Waals surface area contributed by atoms with Crippen molar-refractivity contribution in [2.75, 3.05) is 17.3 Å². The van der Waals surface area contributed by atoms with Gasteiger partial charge in [0.05, 0.1) is 0 Å².